The Kier molecular flexibility index (Phi) is 6.91. The lowest BCUT2D eigenvalue weighted by Crippen LogP contribution is -2.45. The maximum absolute atomic E-state index is 13.3. The molecule has 0 saturated carbocycles. The summed E-state index contributed by atoms with van der Waals surface area (Å²) in [4.78, 5) is 25.7. The lowest BCUT2D eigenvalue weighted by molar-refractivity contribution is -0.143. The SMILES string of the molecule is C[C@@H](O[C@H]1CN(C(=O)C2COC(=O)N2)C[C@@H]1c1ccccc1)c1cc(C(F)(F)F)cc(C(F)(F)F)c1. The number of ether oxygens (including phenoxy) is 2. The first-order valence-corrected chi connectivity index (χ1v) is 11.0. The topological polar surface area (TPSA) is 67.9 Å². The number of halogens is 6. The van der Waals surface area contributed by atoms with Crippen LogP contribution in [0.2, 0.25) is 0 Å². The van der Waals surface area contributed by atoms with E-state index in [1.165, 1.54) is 11.8 Å². The number of carbonyl (C=O) groups is 2. The summed E-state index contributed by atoms with van der Waals surface area (Å²) >= 11 is 0. The van der Waals surface area contributed by atoms with Crippen LogP contribution in [0.15, 0.2) is 48.5 Å². The zero-order valence-electron chi connectivity index (χ0n) is 18.9. The summed E-state index contributed by atoms with van der Waals surface area (Å²) in [7, 11) is 0. The lowest BCUT2D eigenvalue weighted by atomic mass is 9.95. The number of alkyl halides is 6. The van der Waals surface area contributed by atoms with Gasteiger partial charge >= 0.3 is 18.4 Å². The summed E-state index contributed by atoms with van der Waals surface area (Å²) < 4.78 is 90.7. The van der Waals surface area contributed by atoms with Gasteiger partial charge in [0, 0.05) is 19.0 Å². The average Bonchev–Trinajstić information content (AvgIpc) is 3.44. The molecule has 6 nitrogen and oxygen atoms in total. The Labute approximate surface area is 202 Å². The number of nitrogens with zero attached hydrogens (tertiary/aromatic N) is 1. The van der Waals surface area contributed by atoms with Crippen LogP contribution in [0.5, 0.6) is 0 Å². The molecule has 0 radical (unpaired) electrons. The first-order chi connectivity index (χ1) is 16.8. The van der Waals surface area contributed by atoms with Crippen molar-refractivity contribution in [2.45, 2.75) is 43.4 Å². The van der Waals surface area contributed by atoms with Gasteiger partial charge in [-0.3, -0.25) is 4.79 Å². The Morgan fingerprint density at radius 3 is 2.17 bits per heavy atom. The number of hydrogen-bond acceptors (Lipinski definition) is 4. The number of amides is 2. The molecule has 2 aromatic rings. The van der Waals surface area contributed by atoms with Crippen molar-refractivity contribution in [3.63, 3.8) is 0 Å². The van der Waals surface area contributed by atoms with Crippen molar-refractivity contribution in [3.05, 3.63) is 70.8 Å². The van der Waals surface area contributed by atoms with Crippen LogP contribution in [-0.2, 0) is 26.6 Å². The standard InChI is InChI=1S/C24H22F6N2O4/c1-13(15-7-16(23(25,26)27)9-17(8-15)24(28,29)30)36-20-11-32(21(33)19-12-35-22(34)31-19)10-18(20)14-5-3-2-4-6-14/h2-9,13,18-20H,10-12H2,1H3,(H,31,34)/t13-,18-,19?,20+/m1/s1. The van der Waals surface area contributed by atoms with Crippen molar-refractivity contribution in [3.8, 4) is 0 Å². The first kappa shape index (κ1) is 25.8. The molecule has 0 bridgehead atoms. The average molecular weight is 516 g/mol. The molecule has 2 fully saturated rings. The third kappa shape index (κ3) is 5.58. The largest absolute Gasteiger partial charge is 0.447 e. The number of cyclic esters (lactones) is 1. The quantitative estimate of drug-likeness (QED) is 0.574. The number of hydrogen-bond donors (Lipinski definition) is 1. The highest BCUT2D eigenvalue weighted by molar-refractivity contribution is 5.88. The van der Waals surface area contributed by atoms with Crippen molar-refractivity contribution in [1.82, 2.24) is 10.2 Å². The fraction of sp³-hybridized carbons (Fsp3) is 0.417. The van der Waals surface area contributed by atoms with E-state index in [9.17, 15) is 35.9 Å². The van der Waals surface area contributed by atoms with E-state index >= 15 is 0 Å². The van der Waals surface area contributed by atoms with E-state index < -0.39 is 59.6 Å². The van der Waals surface area contributed by atoms with Crippen LogP contribution in [-0.4, -0.2) is 48.7 Å². The molecule has 36 heavy (non-hydrogen) atoms. The van der Waals surface area contributed by atoms with Gasteiger partial charge in [-0.1, -0.05) is 30.3 Å². The number of alkyl carbamates (subject to hydrolysis) is 1. The van der Waals surface area contributed by atoms with E-state index in [-0.39, 0.29) is 31.3 Å². The molecule has 4 atom stereocenters. The molecule has 2 saturated heterocycles. The minimum absolute atomic E-state index is 0.0280. The van der Waals surface area contributed by atoms with Crippen LogP contribution in [0, 0.1) is 0 Å². The van der Waals surface area contributed by atoms with E-state index in [4.69, 9.17) is 9.47 Å². The fourth-order valence-electron chi connectivity index (χ4n) is 4.40. The number of rotatable bonds is 5. The predicted octanol–water partition coefficient (Wildman–Crippen LogP) is 4.90. The zero-order valence-corrected chi connectivity index (χ0v) is 18.9. The third-order valence-corrected chi connectivity index (χ3v) is 6.24. The molecule has 0 aliphatic carbocycles. The summed E-state index contributed by atoms with van der Waals surface area (Å²) in [5.41, 5.74) is -2.35. The monoisotopic (exact) mass is 516 g/mol. The molecule has 1 unspecified atom stereocenters. The van der Waals surface area contributed by atoms with E-state index in [1.807, 2.05) is 0 Å². The normalized spacial score (nSPS) is 23.4. The summed E-state index contributed by atoms with van der Waals surface area (Å²) in [5, 5.41) is 2.40. The molecule has 2 heterocycles. The van der Waals surface area contributed by atoms with Crippen molar-refractivity contribution in [1.29, 1.82) is 0 Å². The van der Waals surface area contributed by atoms with Gasteiger partial charge in [0.25, 0.3) is 0 Å². The van der Waals surface area contributed by atoms with Crippen molar-refractivity contribution < 1.29 is 45.4 Å². The molecule has 0 aromatic heterocycles. The van der Waals surface area contributed by atoms with Crippen LogP contribution in [0.1, 0.15) is 41.2 Å². The second kappa shape index (κ2) is 9.64. The van der Waals surface area contributed by atoms with E-state index in [1.54, 1.807) is 30.3 Å². The molecule has 12 heteroatoms. The van der Waals surface area contributed by atoms with E-state index in [0.717, 1.165) is 5.56 Å². The highest BCUT2D eigenvalue weighted by atomic mass is 19.4. The highest BCUT2D eigenvalue weighted by Crippen LogP contribution is 2.39. The van der Waals surface area contributed by atoms with Gasteiger partial charge in [-0.2, -0.15) is 26.3 Å². The summed E-state index contributed by atoms with van der Waals surface area (Å²) in [6, 6.07) is 9.38. The molecule has 194 valence electrons. The van der Waals surface area contributed by atoms with Gasteiger partial charge < -0.3 is 19.7 Å². The third-order valence-electron chi connectivity index (χ3n) is 6.24. The van der Waals surface area contributed by atoms with Crippen LogP contribution in [0.3, 0.4) is 0 Å². The Morgan fingerprint density at radius 1 is 1.03 bits per heavy atom. The van der Waals surface area contributed by atoms with Crippen molar-refractivity contribution >= 4 is 12.0 Å². The van der Waals surface area contributed by atoms with Crippen LogP contribution < -0.4 is 5.32 Å². The van der Waals surface area contributed by atoms with E-state index in [2.05, 4.69) is 5.32 Å². The number of nitrogens with one attached hydrogen (secondary N) is 1. The Balaban J connectivity index is 1.60. The zero-order chi connectivity index (χ0) is 26.3. The second-order valence-corrected chi connectivity index (χ2v) is 8.71. The molecule has 4 rings (SSSR count). The summed E-state index contributed by atoms with van der Waals surface area (Å²) in [6.07, 6.45) is -12.6. The summed E-state index contributed by atoms with van der Waals surface area (Å²) in [6.45, 7) is 1.44. The predicted molar refractivity (Wildman–Crippen MR) is 114 cm³/mol. The van der Waals surface area contributed by atoms with Crippen LogP contribution >= 0.6 is 0 Å². The van der Waals surface area contributed by atoms with Crippen LogP contribution in [0.4, 0.5) is 31.1 Å². The Morgan fingerprint density at radius 2 is 1.64 bits per heavy atom. The van der Waals surface area contributed by atoms with Gasteiger partial charge in [-0.05, 0) is 36.2 Å². The molecular weight excluding hydrogens is 494 g/mol. The highest BCUT2D eigenvalue weighted by Gasteiger charge is 2.42. The molecule has 2 aliphatic heterocycles. The van der Waals surface area contributed by atoms with Gasteiger partial charge in [-0.15, -0.1) is 0 Å². The first-order valence-electron chi connectivity index (χ1n) is 11.0. The minimum atomic E-state index is -4.98. The number of benzene rings is 2. The molecule has 0 spiro atoms. The van der Waals surface area contributed by atoms with Gasteiger partial charge in [0.15, 0.2) is 0 Å². The second-order valence-electron chi connectivity index (χ2n) is 8.71. The van der Waals surface area contributed by atoms with Crippen LogP contribution in [0.25, 0.3) is 0 Å². The fourth-order valence-corrected chi connectivity index (χ4v) is 4.40. The molecular formula is C24H22F6N2O4. The van der Waals surface area contributed by atoms with Gasteiger partial charge in [0.1, 0.15) is 12.6 Å². The lowest BCUT2D eigenvalue weighted by Gasteiger charge is -2.25. The smallest absolute Gasteiger partial charge is 0.416 e. The van der Waals surface area contributed by atoms with Gasteiger partial charge in [0.2, 0.25) is 5.91 Å². The Hall–Kier alpha value is -3.28. The Bertz CT molecular complexity index is 1090. The molecule has 2 aliphatic rings. The van der Waals surface area contributed by atoms with E-state index in [0.29, 0.717) is 12.1 Å². The summed E-state index contributed by atoms with van der Waals surface area (Å²) in [5.74, 6) is -0.817. The maximum atomic E-state index is 13.3. The van der Waals surface area contributed by atoms with Crippen molar-refractivity contribution in [2.75, 3.05) is 19.7 Å². The molecule has 2 amide bonds. The molecule has 2 aromatic carbocycles. The van der Waals surface area contributed by atoms with Gasteiger partial charge in [-0.25, -0.2) is 4.79 Å². The van der Waals surface area contributed by atoms with Crippen molar-refractivity contribution in [2.24, 2.45) is 0 Å². The number of likely N-dealkylation sites (tertiary alicyclic amines) is 1. The van der Waals surface area contributed by atoms with Gasteiger partial charge in [0.05, 0.1) is 23.3 Å². The minimum Gasteiger partial charge on any atom is -0.447 e. The maximum Gasteiger partial charge on any atom is 0.416 e. The number of carbonyl (C=O) groups excluding carboxylic acids is 2. The molecule has 1 N–H and O–H groups in total.